The lowest BCUT2D eigenvalue weighted by Gasteiger charge is -2.29. The number of hydrogen-bond donors (Lipinski definition) is 1. The molecule has 3 aromatic carbocycles. The first-order chi connectivity index (χ1) is 14.6. The molecule has 30 heavy (non-hydrogen) atoms. The van der Waals surface area contributed by atoms with Crippen molar-refractivity contribution in [3.05, 3.63) is 71.8 Å². The highest BCUT2D eigenvalue weighted by atomic mass is 16.5. The molecule has 1 unspecified atom stereocenters. The van der Waals surface area contributed by atoms with Crippen LogP contribution in [0.4, 0.5) is 5.69 Å². The first-order valence-corrected chi connectivity index (χ1v) is 9.60. The Morgan fingerprint density at radius 3 is 2.27 bits per heavy atom. The second-order valence-corrected chi connectivity index (χ2v) is 6.90. The maximum absolute atomic E-state index is 12.5. The average Bonchev–Trinajstić information content (AvgIpc) is 2.77. The number of para-hydroxylation sites is 1. The van der Waals surface area contributed by atoms with E-state index in [1.807, 2.05) is 54.6 Å². The van der Waals surface area contributed by atoms with E-state index in [1.54, 1.807) is 27.4 Å². The number of carbonyl (C=O) groups excluding carboxylic acids is 1. The van der Waals surface area contributed by atoms with Crippen molar-refractivity contribution in [2.45, 2.75) is 12.3 Å². The van der Waals surface area contributed by atoms with E-state index in [-0.39, 0.29) is 18.2 Å². The number of hydrogen-bond acceptors (Lipinski definition) is 5. The van der Waals surface area contributed by atoms with Gasteiger partial charge in [-0.2, -0.15) is 0 Å². The van der Waals surface area contributed by atoms with Crippen LogP contribution in [0, 0.1) is 0 Å². The number of ether oxygens (including phenoxy) is 4. The number of nitrogens with one attached hydrogen (secondary N) is 1. The zero-order valence-electron chi connectivity index (χ0n) is 17.1. The molecule has 1 N–H and O–H groups in total. The molecular weight excluding hydrogens is 382 g/mol. The van der Waals surface area contributed by atoms with Gasteiger partial charge in [0, 0.05) is 24.0 Å². The summed E-state index contributed by atoms with van der Waals surface area (Å²) in [5, 5.41) is 2.93. The molecule has 1 amide bonds. The van der Waals surface area contributed by atoms with Crippen LogP contribution in [0.1, 0.15) is 23.5 Å². The van der Waals surface area contributed by atoms with Crippen molar-refractivity contribution in [1.29, 1.82) is 0 Å². The predicted molar refractivity (Wildman–Crippen MR) is 114 cm³/mol. The van der Waals surface area contributed by atoms with Crippen LogP contribution in [0.3, 0.4) is 0 Å². The molecule has 1 atom stereocenters. The largest absolute Gasteiger partial charge is 0.493 e. The van der Waals surface area contributed by atoms with E-state index in [1.165, 1.54) is 0 Å². The molecular formula is C24H23NO5. The molecule has 4 rings (SSSR count). The Hall–Kier alpha value is -3.67. The van der Waals surface area contributed by atoms with Gasteiger partial charge in [0.2, 0.25) is 11.7 Å². The van der Waals surface area contributed by atoms with E-state index >= 15 is 0 Å². The van der Waals surface area contributed by atoms with E-state index in [2.05, 4.69) is 5.32 Å². The highest BCUT2D eigenvalue weighted by Crippen LogP contribution is 2.51. The predicted octanol–water partition coefficient (Wildman–Crippen LogP) is 4.98. The summed E-state index contributed by atoms with van der Waals surface area (Å²) in [6.07, 6.45) is 0.285. The molecule has 0 fully saturated rings. The second kappa shape index (κ2) is 8.37. The van der Waals surface area contributed by atoms with E-state index in [0.717, 1.165) is 16.9 Å². The van der Waals surface area contributed by atoms with Gasteiger partial charge in [-0.15, -0.1) is 0 Å². The summed E-state index contributed by atoms with van der Waals surface area (Å²) in [5.74, 6) is 2.70. The molecule has 0 aromatic heterocycles. The van der Waals surface area contributed by atoms with Crippen LogP contribution in [0.2, 0.25) is 0 Å². The lowest BCUT2D eigenvalue weighted by atomic mass is 9.83. The van der Waals surface area contributed by atoms with Gasteiger partial charge in [0.15, 0.2) is 11.5 Å². The Bertz CT molecular complexity index is 1060. The fourth-order valence-corrected chi connectivity index (χ4v) is 3.82. The van der Waals surface area contributed by atoms with Crippen molar-refractivity contribution >= 4 is 11.6 Å². The lowest BCUT2D eigenvalue weighted by Crippen LogP contribution is -2.24. The van der Waals surface area contributed by atoms with Gasteiger partial charge < -0.3 is 24.3 Å². The second-order valence-electron chi connectivity index (χ2n) is 6.90. The summed E-state index contributed by atoms with van der Waals surface area (Å²) in [6.45, 7) is 0. The highest BCUT2D eigenvalue weighted by Gasteiger charge is 2.33. The standard InChI is InChI=1S/C24H23NO5/c1-27-20-14-19-22(24(29-3)23(20)28-2)18(13-21(26)25-19)15-8-7-11-17(12-15)30-16-9-5-4-6-10-16/h4-12,14,18H,13H2,1-3H3,(H,25,26). The lowest BCUT2D eigenvalue weighted by molar-refractivity contribution is -0.116. The Labute approximate surface area is 175 Å². The van der Waals surface area contributed by atoms with E-state index < -0.39 is 0 Å². The van der Waals surface area contributed by atoms with Crippen LogP contribution in [0.5, 0.6) is 28.7 Å². The monoisotopic (exact) mass is 405 g/mol. The molecule has 1 aliphatic heterocycles. The topological polar surface area (TPSA) is 66.0 Å². The number of anilines is 1. The number of benzene rings is 3. The van der Waals surface area contributed by atoms with Gasteiger partial charge in [0.25, 0.3) is 0 Å². The van der Waals surface area contributed by atoms with Gasteiger partial charge in [-0.1, -0.05) is 30.3 Å². The Balaban J connectivity index is 1.80. The van der Waals surface area contributed by atoms with Gasteiger partial charge in [0.1, 0.15) is 11.5 Å². The van der Waals surface area contributed by atoms with Gasteiger partial charge in [-0.3, -0.25) is 4.79 Å². The molecule has 0 aliphatic carbocycles. The molecule has 3 aromatic rings. The molecule has 0 bridgehead atoms. The zero-order valence-corrected chi connectivity index (χ0v) is 17.1. The van der Waals surface area contributed by atoms with E-state index in [0.29, 0.717) is 28.7 Å². The maximum Gasteiger partial charge on any atom is 0.225 e. The molecule has 154 valence electrons. The molecule has 6 heteroatoms. The quantitative estimate of drug-likeness (QED) is 0.627. The molecule has 0 saturated heterocycles. The van der Waals surface area contributed by atoms with Crippen molar-refractivity contribution in [3.8, 4) is 28.7 Å². The Kier molecular flexibility index (Phi) is 5.48. The van der Waals surface area contributed by atoms with Crippen LogP contribution >= 0.6 is 0 Å². The molecule has 0 spiro atoms. The average molecular weight is 405 g/mol. The van der Waals surface area contributed by atoms with Crippen molar-refractivity contribution in [1.82, 2.24) is 0 Å². The first kappa shape index (κ1) is 19.6. The normalized spacial score (nSPS) is 15.0. The van der Waals surface area contributed by atoms with Crippen molar-refractivity contribution < 1.29 is 23.7 Å². The first-order valence-electron chi connectivity index (χ1n) is 9.60. The molecule has 0 radical (unpaired) electrons. The van der Waals surface area contributed by atoms with Gasteiger partial charge in [0.05, 0.1) is 27.0 Å². The minimum atomic E-state index is -0.220. The SMILES string of the molecule is COc1cc2c(c(OC)c1OC)C(c1cccc(Oc3ccccc3)c1)CC(=O)N2. The fraction of sp³-hybridized carbons (Fsp3) is 0.208. The van der Waals surface area contributed by atoms with E-state index in [4.69, 9.17) is 18.9 Å². The van der Waals surface area contributed by atoms with Crippen LogP contribution in [-0.4, -0.2) is 27.2 Å². The summed E-state index contributed by atoms with van der Waals surface area (Å²) in [7, 11) is 4.70. The third-order valence-electron chi connectivity index (χ3n) is 5.12. The smallest absolute Gasteiger partial charge is 0.225 e. The van der Waals surface area contributed by atoms with Crippen molar-refractivity contribution in [3.63, 3.8) is 0 Å². The molecule has 1 aliphatic rings. The van der Waals surface area contributed by atoms with Gasteiger partial charge >= 0.3 is 0 Å². The molecule has 1 heterocycles. The third kappa shape index (κ3) is 3.64. The van der Waals surface area contributed by atoms with Crippen LogP contribution < -0.4 is 24.3 Å². The number of carbonyl (C=O) groups is 1. The van der Waals surface area contributed by atoms with Crippen LogP contribution in [0.15, 0.2) is 60.7 Å². The Morgan fingerprint density at radius 2 is 1.57 bits per heavy atom. The minimum Gasteiger partial charge on any atom is -0.493 e. The van der Waals surface area contributed by atoms with Crippen LogP contribution in [0.25, 0.3) is 0 Å². The molecule has 0 saturated carbocycles. The van der Waals surface area contributed by atoms with Crippen LogP contribution in [-0.2, 0) is 4.79 Å². The fourth-order valence-electron chi connectivity index (χ4n) is 3.82. The highest BCUT2D eigenvalue weighted by molar-refractivity contribution is 5.97. The summed E-state index contributed by atoms with van der Waals surface area (Å²) in [4.78, 5) is 12.5. The number of fused-ring (bicyclic) bond motifs is 1. The van der Waals surface area contributed by atoms with Crippen molar-refractivity contribution in [2.75, 3.05) is 26.6 Å². The number of rotatable bonds is 6. The minimum absolute atomic E-state index is 0.0730. The molecule has 6 nitrogen and oxygen atoms in total. The summed E-state index contributed by atoms with van der Waals surface area (Å²) in [6, 6.07) is 19.1. The van der Waals surface area contributed by atoms with E-state index in [9.17, 15) is 4.79 Å². The van der Waals surface area contributed by atoms with Gasteiger partial charge in [-0.05, 0) is 29.8 Å². The maximum atomic E-state index is 12.5. The van der Waals surface area contributed by atoms with Gasteiger partial charge in [-0.25, -0.2) is 0 Å². The number of amides is 1. The summed E-state index contributed by atoms with van der Waals surface area (Å²) >= 11 is 0. The third-order valence-corrected chi connectivity index (χ3v) is 5.12. The summed E-state index contributed by atoms with van der Waals surface area (Å²) in [5.41, 5.74) is 2.46. The zero-order chi connectivity index (χ0) is 21.1. The van der Waals surface area contributed by atoms with Crippen molar-refractivity contribution in [2.24, 2.45) is 0 Å². The number of methoxy groups -OCH3 is 3. The summed E-state index contributed by atoms with van der Waals surface area (Å²) < 4.78 is 22.7. The Morgan fingerprint density at radius 1 is 0.833 bits per heavy atom.